The van der Waals surface area contributed by atoms with Crippen LogP contribution >= 0.6 is 30.4 Å². The second-order valence-corrected chi connectivity index (χ2v) is 13.7. The van der Waals surface area contributed by atoms with E-state index in [1.807, 2.05) is 0 Å². The molecule has 0 amide bonds. The summed E-state index contributed by atoms with van der Waals surface area (Å²) in [5.74, 6) is 0. The van der Waals surface area contributed by atoms with E-state index in [4.69, 9.17) is 5.73 Å². The van der Waals surface area contributed by atoms with Crippen molar-refractivity contribution in [1.29, 1.82) is 0 Å². The van der Waals surface area contributed by atoms with Crippen molar-refractivity contribution in [3.63, 3.8) is 0 Å². The first-order valence-corrected chi connectivity index (χ1v) is 15.9. The maximum atomic E-state index is 11.6. The van der Waals surface area contributed by atoms with Gasteiger partial charge in [0.25, 0.3) is 0 Å². The molecule has 1 rings (SSSR count). The molecule has 32 heavy (non-hydrogen) atoms. The summed E-state index contributed by atoms with van der Waals surface area (Å²) in [7, 11) is -19.4. The first kappa shape index (κ1) is 29.6. The van der Waals surface area contributed by atoms with Gasteiger partial charge in [-0.3, -0.25) is 28.1 Å². The fraction of sp³-hybridized carbons (Fsp3) is 0.538. The Balaban J connectivity index is 3.39. The zero-order chi connectivity index (χ0) is 25.0. The maximum absolute atomic E-state index is 11.6. The van der Waals surface area contributed by atoms with Gasteiger partial charge in [-0.15, -0.1) is 0 Å². The largest absolute Gasteiger partial charge is 0.399 e. The van der Waals surface area contributed by atoms with Crippen LogP contribution in [0.2, 0.25) is 0 Å². The molecule has 0 fully saturated rings. The van der Waals surface area contributed by atoms with Crippen LogP contribution in [0.1, 0.15) is 5.56 Å². The Bertz CT molecular complexity index is 888. The number of nitrogen functional groups attached to an aromatic ring is 1. The molecular formula is C13H27N3O12P4. The minimum Gasteiger partial charge on any atom is -0.399 e. The fourth-order valence-electron chi connectivity index (χ4n) is 2.96. The molecule has 0 radical (unpaired) electrons. The van der Waals surface area contributed by atoms with E-state index in [9.17, 15) is 57.4 Å². The van der Waals surface area contributed by atoms with E-state index in [-0.39, 0.29) is 6.42 Å². The molecular weight excluding hydrogens is 514 g/mol. The van der Waals surface area contributed by atoms with E-state index in [2.05, 4.69) is 0 Å². The van der Waals surface area contributed by atoms with E-state index in [1.165, 1.54) is 24.3 Å². The van der Waals surface area contributed by atoms with Gasteiger partial charge in [-0.05, 0) is 24.1 Å². The van der Waals surface area contributed by atoms with Gasteiger partial charge < -0.3 is 44.9 Å². The van der Waals surface area contributed by atoms with Crippen molar-refractivity contribution in [2.45, 2.75) is 12.5 Å². The lowest BCUT2D eigenvalue weighted by Gasteiger charge is -2.35. The number of nitrogens with two attached hydrogens (primary N) is 1. The van der Waals surface area contributed by atoms with Gasteiger partial charge >= 0.3 is 30.4 Å². The Hall–Kier alpha value is -0.460. The number of hydrogen-bond donors (Lipinski definition) is 9. The number of anilines is 1. The lowest BCUT2D eigenvalue weighted by Crippen LogP contribution is -2.46. The average molecular weight is 541 g/mol. The quantitative estimate of drug-likeness (QED) is 0.111. The summed E-state index contributed by atoms with van der Waals surface area (Å²) < 4.78 is 46.1. The molecule has 10 N–H and O–H groups in total. The highest BCUT2D eigenvalue weighted by molar-refractivity contribution is 7.53. The second kappa shape index (κ2) is 11.3. The predicted octanol–water partition coefficient (Wildman–Crippen LogP) is -0.675. The lowest BCUT2D eigenvalue weighted by molar-refractivity contribution is 0.166. The standard InChI is InChI=1S/C13H27N3O12P4/c14-12-3-1-11(2-4-12)5-13(16(9-31(23,24)25)10-32(26,27)28)6-15(7-29(17,18)19)8-30(20,21)22/h1-4,13H,5-10,14H2,(H2,17,18,19)(H2,20,21,22)(H2,23,24,25)(H2,26,27,28). The molecule has 15 nitrogen and oxygen atoms in total. The van der Waals surface area contributed by atoms with Crippen LogP contribution in [0.4, 0.5) is 5.69 Å². The van der Waals surface area contributed by atoms with Crippen LogP contribution in [0.15, 0.2) is 24.3 Å². The zero-order valence-electron chi connectivity index (χ0n) is 16.6. The molecule has 0 spiro atoms. The topological polar surface area (TPSA) is 263 Å². The molecule has 0 aliphatic carbocycles. The highest BCUT2D eigenvalue weighted by Crippen LogP contribution is 2.44. The molecule has 0 aliphatic rings. The van der Waals surface area contributed by atoms with Crippen LogP contribution < -0.4 is 5.73 Å². The minimum atomic E-state index is -4.86. The van der Waals surface area contributed by atoms with E-state index >= 15 is 0 Å². The molecule has 0 heterocycles. The summed E-state index contributed by atoms with van der Waals surface area (Å²) in [5.41, 5.74) is 6.48. The highest BCUT2D eigenvalue weighted by Gasteiger charge is 2.35. The highest BCUT2D eigenvalue weighted by atomic mass is 31.2. The van der Waals surface area contributed by atoms with E-state index < -0.39 is 68.1 Å². The van der Waals surface area contributed by atoms with Crippen LogP contribution in [0.25, 0.3) is 0 Å². The number of benzene rings is 1. The molecule has 0 bridgehead atoms. The van der Waals surface area contributed by atoms with Crippen LogP contribution in [0, 0.1) is 0 Å². The Morgan fingerprint density at radius 2 is 1.06 bits per heavy atom. The summed E-state index contributed by atoms with van der Waals surface area (Å²) in [6.45, 7) is -0.583. The molecule has 1 aromatic carbocycles. The Morgan fingerprint density at radius 3 is 1.41 bits per heavy atom. The normalized spacial score (nSPS) is 14.8. The summed E-state index contributed by atoms with van der Waals surface area (Å²) >= 11 is 0. The van der Waals surface area contributed by atoms with Gasteiger partial charge in [0.05, 0.1) is 0 Å². The van der Waals surface area contributed by atoms with Crippen molar-refractivity contribution in [2.75, 3.05) is 37.4 Å². The van der Waals surface area contributed by atoms with Gasteiger partial charge in [0, 0.05) is 18.3 Å². The Kier molecular flexibility index (Phi) is 10.5. The molecule has 1 unspecified atom stereocenters. The molecule has 0 saturated carbocycles. The van der Waals surface area contributed by atoms with Gasteiger partial charge in [-0.25, -0.2) is 0 Å². The average Bonchev–Trinajstić information content (AvgIpc) is 2.49. The second-order valence-electron chi connectivity index (χ2n) is 7.27. The van der Waals surface area contributed by atoms with Gasteiger partial charge in [0.1, 0.15) is 25.1 Å². The van der Waals surface area contributed by atoms with Crippen molar-refractivity contribution in [3.05, 3.63) is 29.8 Å². The number of rotatable bonds is 13. The third kappa shape index (κ3) is 13.9. The lowest BCUT2D eigenvalue weighted by atomic mass is 10.0. The van der Waals surface area contributed by atoms with Crippen LogP contribution in [-0.4, -0.2) is 86.7 Å². The van der Waals surface area contributed by atoms with Crippen LogP contribution in [0.5, 0.6) is 0 Å². The van der Waals surface area contributed by atoms with Gasteiger partial charge in [-0.1, -0.05) is 12.1 Å². The molecule has 186 valence electrons. The SMILES string of the molecule is Nc1ccc(CC(CN(CP(=O)(O)O)CP(=O)(O)O)N(CP(=O)(O)O)CP(=O)(O)O)cc1. The first-order chi connectivity index (χ1) is 14.2. The number of hydrogen-bond acceptors (Lipinski definition) is 7. The van der Waals surface area contributed by atoms with Gasteiger partial charge in [0.15, 0.2) is 0 Å². The first-order valence-electron chi connectivity index (χ1n) is 8.71. The van der Waals surface area contributed by atoms with E-state index in [0.717, 1.165) is 4.90 Å². The van der Waals surface area contributed by atoms with E-state index in [0.29, 0.717) is 16.2 Å². The smallest absolute Gasteiger partial charge is 0.339 e. The summed E-state index contributed by atoms with van der Waals surface area (Å²) in [6.07, 6.45) is -4.57. The minimum absolute atomic E-state index is 0.140. The monoisotopic (exact) mass is 541 g/mol. The predicted molar refractivity (Wildman–Crippen MR) is 115 cm³/mol. The van der Waals surface area contributed by atoms with Crippen molar-refractivity contribution >= 4 is 36.1 Å². The summed E-state index contributed by atoms with van der Waals surface area (Å²) in [6, 6.07) is 4.81. The van der Waals surface area contributed by atoms with Crippen molar-refractivity contribution in [2.24, 2.45) is 0 Å². The van der Waals surface area contributed by atoms with Crippen molar-refractivity contribution in [3.8, 4) is 0 Å². The summed E-state index contributed by atoms with van der Waals surface area (Å²) in [4.78, 5) is 76.0. The van der Waals surface area contributed by atoms with Crippen LogP contribution in [-0.2, 0) is 24.7 Å². The maximum Gasteiger partial charge on any atom is 0.339 e. The van der Waals surface area contributed by atoms with Crippen molar-refractivity contribution in [1.82, 2.24) is 9.80 Å². The molecule has 0 saturated heterocycles. The van der Waals surface area contributed by atoms with E-state index in [1.54, 1.807) is 0 Å². The molecule has 1 aromatic rings. The van der Waals surface area contributed by atoms with Gasteiger partial charge in [-0.2, -0.15) is 0 Å². The van der Waals surface area contributed by atoms with Crippen molar-refractivity contribution < 1.29 is 57.4 Å². The Morgan fingerprint density at radius 1 is 0.688 bits per heavy atom. The number of nitrogens with zero attached hydrogens (tertiary/aromatic N) is 2. The molecule has 0 aliphatic heterocycles. The molecule has 1 atom stereocenters. The Labute approximate surface area is 183 Å². The summed E-state index contributed by atoms with van der Waals surface area (Å²) in [5, 5.41) is 0. The third-order valence-corrected chi connectivity index (χ3v) is 6.94. The van der Waals surface area contributed by atoms with Gasteiger partial charge in [0.2, 0.25) is 0 Å². The molecule has 19 heteroatoms. The third-order valence-electron chi connectivity index (χ3n) is 3.94. The fourth-order valence-corrected chi connectivity index (χ4v) is 6.36. The molecule has 0 aromatic heterocycles. The van der Waals surface area contributed by atoms with Crippen LogP contribution in [0.3, 0.4) is 0 Å². The zero-order valence-corrected chi connectivity index (χ0v) is 20.2.